The molecular weight excluding hydrogens is 517 g/mol. The number of methoxy groups -OCH3 is 1. The molecule has 1 aromatic carbocycles. The average Bonchev–Trinajstić information content (AvgIpc) is 3.39. The number of ether oxygens (including phenoxy) is 1. The summed E-state index contributed by atoms with van der Waals surface area (Å²) in [6, 6.07) is 10.0. The molecule has 9 heteroatoms. The van der Waals surface area contributed by atoms with Crippen molar-refractivity contribution in [3.05, 3.63) is 47.4 Å². The number of guanidine groups is 1. The van der Waals surface area contributed by atoms with Gasteiger partial charge in [-0.05, 0) is 50.8 Å². The molecule has 1 aromatic heterocycles. The van der Waals surface area contributed by atoms with Gasteiger partial charge >= 0.3 is 0 Å². The molecule has 0 amide bonds. The molecule has 0 saturated carbocycles. The Kier molecular flexibility index (Phi) is 9.57. The van der Waals surface area contributed by atoms with E-state index in [2.05, 4.69) is 25.4 Å². The summed E-state index contributed by atoms with van der Waals surface area (Å²) in [7, 11) is 7.56. The highest BCUT2D eigenvalue weighted by molar-refractivity contribution is 14.0. The number of benzene rings is 1. The van der Waals surface area contributed by atoms with Crippen LogP contribution in [0.3, 0.4) is 0 Å². The first-order valence-electron chi connectivity index (χ1n) is 9.77. The van der Waals surface area contributed by atoms with Gasteiger partial charge in [-0.15, -0.1) is 24.0 Å². The lowest BCUT2D eigenvalue weighted by Gasteiger charge is -2.25. The second kappa shape index (κ2) is 11.7. The van der Waals surface area contributed by atoms with E-state index >= 15 is 0 Å². The van der Waals surface area contributed by atoms with E-state index in [9.17, 15) is 0 Å². The van der Waals surface area contributed by atoms with Crippen molar-refractivity contribution in [1.29, 1.82) is 0 Å². The highest BCUT2D eigenvalue weighted by Gasteiger charge is 2.26. The summed E-state index contributed by atoms with van der Waals surface area (Å²) in [6.45, 7) is 2.48. The fraction of sp³-hybridized carbons (Fsp3) is 0.476. The van der Waals surface area contributed by atoms with Gasteiger partial charge in [-0.1, -0.05) is 11.6 Å². The molecule has 166 valence electrons. The normalized spacial score (nSPS) is 17.6. The molecule has 2 aromatic rings. The third-order valence-electron chi connectivity index (χ3n) is 5.19. The number of nitrogens with zero attached hydrogens (tertiary/aromatic N) is 3. The Hall–Kier alpha value is -1.65. The number of nitrogens with one attached hydrogen (secondary N) is 2. The lowest BCUT2D eigenvalue weighted by atomic mass is 10.2. The average molecular weight is 548 g/mol. The van der Waals surface area contributed by atoms with Crippen LogP contribution in [0.5, 0.6) is 5.75 Å². The Morgan fingerprint density at radius 3 is 2.83 bits per heavy atom. The minimum Gasteiger partial charge on any atom is -0.495 e. The van der Waals surface area contributed by atoms with E-state index in [4.69, 9.17) is 20.8 Å². The molecule has 3 rings (SSSR count). The van der Waals surface area contributed by atoms with Crippen LogP contribution < -0.4 is 20.3 Å². The van der Waals surface area contributed by atoms with Gasteiger partial charge in [0.25, 0.3) is 0 Å². The zero-order chi connectivity index (χ0) is 20.8. The summed E-state index contributed by atoms with van der Waals surface area (Å²) in [5, 5.41) is 7.67. The highest BCUT2D eigenvalue weighted by atomic mass is 127. The molecule has 7 nitrogen and oxygen atoms in total. The number of furan rings is 1. The van der Waals surface area contributed by atoms with E-state index in [1.54, 1.807) is 20.4 Å². The van der Waals surface area contributed by atoms with E-state index < -0.39 is 0 Å². The first-order chi connectivity index (χ1) is 14.0. The molecule has 30 heavy (non-hydrogen) atoms. The summed E-state index contributed by atoms with van der Waals surface area (Å²) >= 11 is 6.20. The van der Waals surface area contributed by atoms with E-state index in [0.717, 1.165) is 42.7 Å². The first kappa shape index (κ1) is 24.6. The number of hydrogen-bond donors (Lipinski definition) is 2. The monoisotopic (exact) mass is 547 g/mol. The number of hydrogen-bond acceptors (Lipinski definition) is 5. The number of likely N-dealkylation sites (N-methyl/N-ethyl adjacent to an activating group) is 1. The van der Waals surface area contributed by atoms with Crippen LogP contribution in [-0.2, 0) is 0 Å². The van der Waals surface area contributed by atoms with Crippen LogP contribution in [0, 0.1) is 0 Å². The molecule has 0 spiro atoms. The molecule has 1 aliphatic rings. The SMILES string of the molecule is CN=C(NCC(c1ccco1)N(C)C)NC1CCN(c2cc(Cl)ccc2OC)C1.I. The summed E-state index contributed by atoms with van der Waals surface area (Å²) in [5.41, 5.74) is 1.03. The Balaban J connectivity index is 0.00000320. The maximum atomic E-state index is 6.20. The minimum atomic E-state index is 0. The van der Waals surface area contributed by atoms with Crippen LogP contribution in [0.2, 0.25) is 5.02 Å². The smallest absolute Gasteiger partial charge is 0.191 e. The minimum absolute atomic E-state index is 0. The van der Waals surface area contributed by atoms with Crippen molar-refractivity contribution in [2.75, 3.05) is 52.8 Å². The zero-order valence-electron chi connectivity index (χ0n) is 17.9. The van der Waals surface area contributed by atoms with Crippen LogP contribution in [0.4, 0.5) is 5.69 Å². The quantitative estimate of drug-likeness (QED) is 0.314. The Morgan fingerprint density at radius 2 is 2.20 bits per heavy atom. The summed E-state index contributed by atoms with van der Waals surface area (Å²) < 4.78 is 11.1. The molecule has 2 N–H and O–H groups in total. The maximum absolute atomic E-state index is 6.20. The van der Waals surface area contributed by atoms with Crippen molar-refractivity contribution >= 4 is 47.2 Å². The maximum Gasteiger partial charge on any atom is 0.191 e. The van der Waals surface area contributed by atoms with Gasteiger partial charge in [-0.3, -0.25) is 9.89 Å². The van der Waals surface area contributed by atoms with Gasteiger partial charge < -0.3 is 24.7 Å². The van der Waals surface area contributed by atoms with Crippen molar-refractivity contribution in [2.24, 2.45) is 4.99 Å². The van der Waals surface area contributed by atoms with Crippen molar-refractivity contribution < 1.29 is 9.15 Å². The van der Waals surface area contributed by atoms with Gasteiger partial charge in [-0.25, -0.2) is 0 Å². The molecule has 2 heterocycles. The second-order valence-electron chi connectivity index (χ2n) is 7.34. The zero-order valence-corrected chi connectivity index (χ0v) is 21.0. The summed E-state index contributed by atoms with van der Waals surface area (Å²) in [6.07, 6.45) is 2.71. The highest BCUT2D eigenvalue weighted by Crippen LogP contribution is 2.33. The van der Waals surface area contributed by atoms with Gasteiger partial charge in [-0.2, -0.15) is 0 Å². The van der Waals surface area contributed by atoms with Crippen LogP contribution in [-0.4, -0.2) is 64.8 Å². The standard InChI is InChI=1S/C21H30ClN5O2.HI/c1-23-21(24-13-18(26(2)3)20-6-5-11-29-20)25-16-9-10-27(14-16)17-12-15(22)7-8-19(17)28-4;/h5-8,11-12,16,18H,9-10,13-14H2,1-4H3,(H2,23,24,25);1H. The van der Waals surface area contributed by atoms with E-state index in [1.165, 1.54) is 0 Å². The van der Waals surface area contributed by atoms with Crippen LogP contribution in [0.25, 0.3) is 0 Å². The Bertz CT molecular complexity index is 816. The fourth-order valence-electron chi connectivity index (χ4n) is 3.61. The predicted octanol–water partition coefficient (Wildman–Crippen LogP) is 3.61. The molecule has 1 saturated heterocycles. The lowest BCUT2D eigenvalue weighted by molar-refractivity contribution is 0.258. The van der Waals surface area contributed by atoms with Crippen molar-refractivity contribution in [3.8, 4) is 5.75 Å². The van der Waals surface area contributed by atoms with Crippen molar-refractivity contribution in [1.82, 2.24) is 15.5 Å². The number of aliphatic imine (C=N–C) groups is 1. The Morgan fingerprint density at radius 1 is 1.40 bits per heavy atom. The van der Waals surface area contributed by atoms with Crippen LogP contribution >= 0.6 is 35.6 Å². The van der Waals surface area contributed by atoms with Gasteiger partial charge in [0.2, 0.25) is 0 Å². The number of anilines is 1. The molecular formula is C21H31ClIN5O2. The molecule has 0 aliphatic carbocycles. The van der Waals surface area contributed by atoms with Gasteiger partial charge in [0.05, 0.1) is 25.1 Å². The summed E-state index contributed by atoms with van der Waals surface area (Å²) in [4.78, 5) is 8.81. The van der Waals surface area contributed by atoms with Crippen LogP contribution in [0.15, 0.2) is 46.0 Å². The molecule has 2 unspecified atom stereocenters. The van der Waals surface area contributed by atoms with E-state index in [0.29, 0.717) is 11.6 Å². The van der Waals surface area contributed by atoms with Gasteiger partial charge in [0.15, 0.2) is 5.96 Å². The third kappa shape index (κ3) is 6.18. The molecule has 1 fully saturated rings. The molecule has 1 aliphatic heterocycles. The lowest BCUT2D eigenvalue weighted by Crippen LogP contribution is -2.46. The molecule has 0 bridgehead atoms. The van der Waals surface area contributed by atoms with Crippen LogP contribution in [0.1, 0.15) is 18.2 Å². The van der Waals surface area contributed by atoms with Crippen molar-refractivity contribution in [3.63, 3.8) is 0 Å². The topological polar surface area (TPSA) is 65.3 Å². The fourth-order valence-corrected chi connectivity index (χ4v) is 3.77. The molecule has 2 atom stereocenters. The van der Waals surface area contributed by atoms with Gasteiger partial charge in [0.1, 0.15) is 11.5 Å². The largest absolute Gasteiger partial charge is 0.495 e. The molecule has 0 radical (unpaired) electrons. The Labute approximate surface area is 200 Å². The second-order valence-corrected chi connectivity index (χ2v) is 7.78. The first-order valence-corrected chi connectivity index (χ1v) is 10.1. The summed E-state index contributed by atoms with van der Waals surface area (Å²) in [5.74, 6) is 2.55. The third-order valence-corrected chi connectivity index (χ3v) is 5.43. The number of rotatable bonds is 7. The van der Waals surface area contributed by atoms with Crippen molar-refractivity contribution in [2.45, 2.75) is 18.5 Å². The van der Waals surface area contributed by atoms with E-state index in [-0.39, 0.29) is 36.1 Å². The predicted molar refractivity (Wildman–Crippen MR) is 134 cm³/mol. The van der Waals surface area contributed by atoms with E-state index in [1.807, 2.05) is 44.4 Å². The van der Waals surface area contributed by atoms with Gasteiger partial charge in [0, 0.05) is 37.7 Å². The number of halogens is 2.